The van der Waals surface area contributed by atoms with Gasteiger partial charge in [-0.2, -0.15) is 0 Å². The van der Waals surface area contributed by atoms with Gasteiger partial charge >= 0.3 is 0 Å². The number of aromatic amines is 2. The second-order valence-electron chi connectivity index (χ2n) is 10.9. The molecule has 9 nitrogen and oxygen atoms in total. The van der Waals surface area contributed by atoms with Crippen LogP contribution >= 0.6 is 0 Å². The molecule has 0 radical (unpaired) electrons. The number of carbonyl (C=O) groups excluding carboxylic acids is 3. The highest BCUT2D eigenvalue weighted by Crippen LogP contribution is 2.38. The minimum Gasteiger partial charge on any atom is -0.351 e. The van der Waals surface area contributed by atoms with Crippen molar-refractivity contribution in [3.63, 3.8) is 0 Å². The van der Waals surface area contributed by atoms with Gasteiger partial charge in [-0.15, -0.1) is 0 Å². The fourth-order valence-electron chi connectivity index (χ4n) is 5.84. The molecule has 3 N–H and O–H groups in total. The van der Waals surface area contributed by atoms with Crippen LogP contribution in [-0.2, 0) is 4.79 Å². The number of hydrogen-bond acceptors (Lipinski definition) is 4. The lowest BCUT2D eigenvalue weighted by atomic mass is 9.73. The summed E-state index contributed by atoms with van der Waals surface area (Å²) in [5.74, 6) is -0.254. The zero-order valence-corrected chi connectivity index (χ0v) is 21.1. The van der Waals surface area contributed by atoms with Gasteiger partial charge in [0.2, 0.25) is 5.91 Å². The predicted molar refractivity (Wildman–Crippen MR) is 140 cm³/mol. The van der Waals surface area contributed by atoms with E-state index in [0.29, 0.717) is 31.0 Å². The number of amides is 3. The lowest BCUT2D eigenvalue weighted by Crippen LogP contribution is -2.69. The zero-order valence-electron chi connectivity index (χ0n) is 21.1. The molecule has 190 valence electrons. The van der Waals surface area contributed by atoms with E-state index in [0.717, 1.165) is 21.9 Å². The van der Waals surface area contributed by atoms with E-state index in [1.165, 1.54) is 0 Å². The summed E-state index contributed by atoms with van der Waals surface area (Å²) in [6.45, 7) is 6.78. The largest absolute Gasteiger partial charge is 0.351 e. The Balaban J connectivity index is 1.20. The Kier molecular flexibility index (Phi) is 5.33. The molecular formula is C28H30N6O3. The fourth-order valence-corrected chi connectivity index (χ4v) is 5.84. The Hall–Kier alpha value is -4.14. The van der Waals surface area contributed by atoms with E-state index < -0.39 is 11.5 Å². The van der Waals surface area contributed by atoms with E-state index in [2.05, 4.69) is 20.3 Å². The second-order valence-corrected chi connectivity index (χ2v) is 10.9. The molecule has 3 atom stereocenters. The maximum Gasteiger partial charge on any atom is 0.290 e. The van der Waals surface area contributed by atoms with Crippen molar-refractivity contribution in [3.8, 4) is 0 Å². The van der Waals surface area contributed by atoms with Crippen LogP contribution in [0.25, 0.3) is 21.9 Å². The van der Waals surface area contributed by atoms with Gasteiger partial charge in [-0.05, 0) is 43.0 Å². The predicted octanol–water partition coefficient (Wildman–Crippen LogP) is 3.31. The molecule has 2 aliphatic heterocycles. The van der Waals surface area contributed by atoms with Gasteiger partial charge < -0.3 is 25.1 Å². The molecule has 9 heteroatoms. The van der Waals surface area contributed by atoms with Crippen LogP contribution < -0.4 is 5.32 Å². The summed E-state index contributed by atoms with van der Waals surface area (Å²) >= 11 is 0. The van der Waals surface area contributed by atoms with Crippen molar-refractivity contribution in [1.82, 2.24) is 30.1 Å². The standard InChI is InChI=1S/C28H30N6O3/c1-16-14-34-18(15-33(16)27(37)24-30-20-10-6-7-11-21(20)31-24)13-28(2,3)23(26(34)36)32-25(35)22-12-17-8-4-5-9-19(17)29-22/h4-12,16,18,23,29H,13-15H2,1-3H3,(H,30,31)(H,32,35)/t16-,18-,23-/m1/s1. The van der Waals surface area contributed by atoms with E-state index in [1.54, 1.807) is 6.07 Å². The van der Waals surface area contributed by atoms with Crippen LogP contribution in [0.3, 0.4) is 0 Å². The number of hydrogen-bond donors (Lipinski definition) is 3. The minimum absolute atomic E-state index is 0.103. The van der Waals surface area contributed by atoms with Crippen LogP contribution in [0, 0.1) is 5.41 Å². The van der Waals surface area contributed by atoms with Gasteiger partial charge in [0, 0.05) is 30.0 Å². The summed E-state index contributed by atoms with van der Waals surface area (Å²) < 4.78 is 0. The van der Waals surface area contributed by atoms with Crippen LogP contribution in [0.2, 0.25) is 0 Å². The maximum atomic E-state index is 13.7. The third kappa shape index (κ3) is 3.94. The van der Waals surface area contributed by atoms with E-state index >= 15 is 0 Å². The maximum absolute atomic E-state index is 13.7. The summed E-state index contributed by atoms with van der Waals surface area (Å²) in [5.41, 5.74) is 2.39. The highest BCUT2D eigenvalue weighted by molar-refractivity contribution is 6.00. The molecule has 6 rings (SSSR count). The summed E-state index contributed by atoms with van der Waals surface area (Å²) in [6, 6.07) is 16.1. The topological polar surface area (TPSA) is 114 Å². The average molecular weight is 499 g/mol. The molecule has 2 aromatic heterocycles. The molecule has 0 saturated carbocycles. The van der Waals surface area contributed by atoms with Crippen LogP contribution in [0.5, 0.6) is 0 Å². The molecule has 0 unspecified atom stereocenters. The molecule has 37 heavy (non-hydrogen) atoms. The number of benzene rings is 2. The first-order valence-corrected chi connectivity index (χ1v) is 12.7. The van der Waals surface area contributed by atoms with Gasteiger partial charge in [0.15, 0.2) is 5.82 Å². The monoisotopic (exact) mass is 498 g/mol. The number of aromatic nitrogens is 3. The number of para-hydroxylation sites is 3. The Morgan fingerprint density at radius 2 is 1.76 bits per heavy atom. The molecule has 3 amide bonds. The Morgan fingerprint density at radius 3 is 2.51 bits per heavy atom. The Labute approximate surface area is 214 Å². The van der Waals surface area contributed by atoms with Crippen LogP contribution in [0.15, 0.2) is 54.6 Å². The van der Waals surface area contributed by atoms with Crippen LogP contribution in [-0.4, -0.2) is 73.7 Å². The molecule has 2 aliphatic rings. The highest BCUT2D eigenvalue weighted by atomic mass is 16.2. The molecule has 0 spiro atoms. The Bertz CT molecular complexity index is 1470. The van der Waals surface area contributed by atoms with Crippen molar-refractivity contribution >= 4 is 39.7 Å². The number of nitrogens with zero attached hydrogens (tertiary/aromatic N) is 3. The third-order valence-corrected chi connectivity index (χ3v) is 7.82. The van der Waals surface area contributed by atoms with Crippen molar-refractivity contribution in [1.29, 1.82) is 0 Å². The summed E-state index contributed by atoms with van der Waals surface area (Å²) in [7, 11) is 0. The third-order valence-electron chi connectivity index (χ3n) is 7.82. The normalized spacial score (nSPS) is 23.3. The van der Waals surface area contributed by atoms with E-state index in [9.17, 15) is 14.4 Å². The fraction of sp³-hybridized carbons (Fsp3) is 0.357. The van der Waals surface area contributed by atoms with E-state index in [-0.39, 0.29) is 29.8 Å². The smallest absolute Gasteiger partial charge is 0.290 e. The molecular weight excluding hydrogens is 468 g/mol. The Morgan fingerprint density at radius 1 is 1.03 bits per heavy atom. The number of carbonyl (C=O) groups is 3. The van der Waals surface area contributed by atoms with E-state index in [1.807, 2.05) is 79.1 Å². The molecule has 4 aromatic rings. The first kappa shape index (κ1) is 23.3. The van der Waals surface area contributed by atoms with Gasteiger partial charge in [0.25, 0.3) is 11.8 Å². The molecule has 2 saturated heterocycles. The van der Waals surface area contributed by atoms with Crippen molar-refractivity contribution in [3.05, 3.63) is 66.1 Å². The summed E-state index contributed by atoms with van der Waals surface area (Å²) in [4.78, 5) is 54.7. The van der Waals surface area contributed by atoms with Gasteiger partial charge in [-0.25, -0.2) is 4.98 Å². The minimum atomic E-state index is -0.660. The number of piperidine rings is 1. The van der Waals surface area contributed by atoms with Gasteiger partial charge in [-0.1, -0.05) is 44.2 Å². The lowest BCUT2D eigenvalue weighted by Gasteiger charge is -2.53. The number of fused-ring (bicyclic) bond motifs is 3. The molecule has 0 aliphatic carbocycles. The van der Waals surface area contributed by atoms with Gasteiger partial charge in [0.1, 0.15) is 11.7 Å². The molecule has 0 bridgehead atoms. The first-order chi connectivity index (χ1) is 17.7. The zero-order chi connectivity index (χ0) is 25.9. The van der Waals surface area contributed by atoms with Crippen molar-refractivity contribution < 1.29 is 14.4 Å². The SMILES string of the molecule is C[C@@H]1CN2C(=O)[C@@H](NC(=O)c3cc4ccccc4[nH]3)C(C)(C)C[C@@H]2CN1C(=O)c1nc2ccccc2[nH]1. The van der Waals surface area contributed by atoms with Crippen molar-refractivity contribution in [2.75, 3.05) is 13.1 Å². The summed E-state index contributed by atoms with van der Waals surface area (Å²) in [6.07, 6.45) is 0.660. The van der Waals surface area contributed by atoms with E-state index in [4.69, 9.17) is 0 Å². The highest BCUT2D eigenvalue weighted by Gasteiger charge is 2.50. The average Bonchev–Trinajstić information content (AvgIpc) is 3.51. The summed E-state index contributed by atoms with van der Waals surface area (Å²) in [5, 5.41) is 3.95. The quantitative estimate of drug-likeness (QED) is 0.402. The van der Waals surface area contributed by atoms with Crippen molar-refractivity contribution in [2.45, 2.75) is 45.3 Å². The number of rotatable bonds is 3. The number of H-pyrrole nitrogens is 2. The number of piperazine rings is 1. The molecule has 2 aromatic carbocycles. The number of imidazole rings is 1. The van der Waals surface area contributed by atoms with Gasteiger partial charge in [-0.3, -0.25) is 14.4 Å². The lowest BCUT2D eigenvalue weighted by molar-refractivity contribution is -0.149. The second kappa shape index (κ2) is 8.47. The van der Waals surface area contributed by atoms with Crippen molar-refractivity contribution in [2.24, 2.45) is 5.41 Å². The van der Waals surface area contributed by atoms with Crippen LogP contribution in [0.1, 0.15) is 48.3 Å². The first-order valence-electron chi connectivity index (χ1n) is 12.7. The molecule has 2 fully saturated rings. The molecule has 4 heterocycles. The van der Waals surface area contributed by atoms with Crippen LogP contribution in [0.4, 0.5) is 0 Å². The van der Waals surface area contributed by atoms with Gasteiger partial charge in [0.05, 0.1) is 17.1 Å². The number of nitrogens with one attached hydrogen (secondary N) is 3.